The average molecular weight is 290 g/mol. The van der Waals surface area contributed by atoms with Crippen LogP contribution in [0.15, 0.2) is 6.07 Å². The number of aromatic nitrogens is 2. The second kappa shape index (κ2) is 7.74. The molecule has 1 aliphatic rings. The van der Waals surface area contributed by atoms with E-state index in [0.29, 0.717) is 6.04 Å². The van der Waals surface area contributed by atoms with Crippen LogP contribution in [0, 0.1) is 12.8 Å². The Kier molecular flexibility index (Phi) is 5.97. The van der Waals surface area contributed by atoms with Crippen molar-refractivity contribution in [2.24, 2.45) is 5.92 Å². The molecule has 4 nitrogen and oxygen atoms in total. The van der Waals surface area contributed by atoms with Crippen LogP contribution in [0.1, 0.15) is 57.5 Å². The summed E-state index contributed by atoms with van der Waals surface area (Å²) in [5, 5.41) is 3.37. The molecular formula is C17H30N4. The lowest BCUT2D eigenvalue weighted by Gasteiger charge is -2.36. The highest BCUT2D eigenvalue weighted by molar-refractivity contribution is 5.35. The van der Waals surface area contributed by atoms with Gasteiger partial charge in [-0.25, -0.2) is 9.97 Å². The minimum Gasteiger partial charge on any atom is -0.370 e. The number of aryl methyl sites for hydroxylation is 1. The van der Waals surface area contributed by atoms with Crippen molar-refractivity contribution in [2.75, 3.05) is 18.9 Å². The summed E-state index contributed by atoms with van der Waals surface area (Å²) in [5.41, 5.74) is 1.05. The predicted molar refractivity (Wildman–Crippen MR) is 88.4 cm³/mol. The van der Waals surface area contributed by atoms with Crippen molar-refractivity contribution in [3.8, 4) is 0 Å². The third-order valence-electron chi connectivity index (χ3n) is 4.48. The maximum absolute atomic E-state index is 4.67. The molecule has 1 aromatic heterocycles. The zero-order valence-corrected chi connectivity index (χ0v) is 14.0. The molecule has 0 saturated heterocycles. The minimum atomic E-state index is 0.676. The average Bonchev–Trinajstić information content (AvgIpc) is 2.45. The van der Waals surface area contributed by atoms with Gasteiger partial charge in [-0.05, 0) is 39.2 Å². The Bertz CT molecular complexity index is 446. The van der Waals surface area contributed by atoms with E-state index < -0.39 is 0 Å². The Hall–Kier alpha value is -1.16. The van der Waals surface area contributed by atoms with Crippen molar-refractivity contribution in [1.29, 1.82) is 0 Å². The smallest absolute Gasteiger partial charge is 0.144 e. The predicted octanol–water partition coefficient (Wildman–Crippen LogP) is 3.62. The molecule has 0 aliphatic heterocycles. The highest BCUT2D eigenvalue weighted by Gasteiger charge is 2.25. The fraction of sp³-hybridized carbons (Fsp3) is 0.765. The SMILES string of the molecule is CCCNc1cc(C)nc(CN(C)C2CCCCC2C)n1. The van der Waals surface area contributed by atoms with Crippen LogP contribution in [0.2, 0.25) is 0 Å². The van der Waals surface area contributed by atoms with Crippen LogP contribution in [0.25, 0.3) is 0 Å². The van der Waals surface area contributed by atoms with E-state index in [1.807, 2.05) is 13.0 Å². The first-order chi connectivity index (χ1) is 10.1. The number of hydrogen-bond donors (Lipinski definition) is 1. The molecule has 118 valence electrons. The van der Waals surface area contributed by atoms with E-state index in [-0.39, 0.29) is 0 Å². The van der Waals surface area contributed by atoms with Crippen molar-refractivity contribution < 1.29 is 0 Å². The van der Waals surface area contributed by atoms with Gasteiger partial charge in [-0.2, -0.15) is 0 Å². The number of hydrogen-bond acceptors (Lipinski definition) is 4. The van der Waals surface area contributed by atoms with Crippen molar-refractivity contribution >= 4 is 5.82 Å². The van der Waals surface area contributed by atoms with Gasteiger partial charge in [0.15, 0.2) is 0 Å². The van der Waals surface area contributed by atoms with E-state index >= 15 is 0 Å². The van der Waals surface area contributed by atoms with Crippen molar-refractivity contribution in [3.05, 3.63) is 17.6 Å². The number of nitrogens with zero attached hydrogens (tertiary/aromatic N) is 3. The van der Waals surface area contributed by atoms with Crippen LogP contribution in [0.5, 0.6) is 0 Å². The van der Waals surface area contributed by atoms with Crippen LogP contribution < -0.4 is 5.32 Å². The summed E-state index contributed by atoms with van der Waals surface area (Å²) in [6, 6.07) is 2.71. The zero-order valence-electron chi connectivity index (χ0n) is 14.0. The quantitative estimate of drug-likeness (QED) is 0.869. The molecule has 1 fully saturated rings. The van der Waals surface area contributed by atoms with Gasteiger partial charge in [0, 0.05) is 24.3 Å². The number of rotatable bonds is 6. The minimum absolute atomic E-state index is 0.676. The maximum atomic E-state index is 4.67. The highest BCUT2D eigenvalue weighted by atomic mass is 15.2. The number of nitrogens with one attached hydrogen (secondary N) is 1. The van der Waals surface area contributed by atoms with Crippen LogP contribution in [0.3, 0.4) is 0 Å². The largest absolute Gasteiger partial charge is 0.370 e. The van der Waals surface area contributed by atoms with E-state index in [1.165, 1.54) is 25.7 Å². The molecule has 2 atom stereocenters. The topological polar surface area (TPSA) is 41.1 Å². The molecule has 0 radical (unpaired) electrons. The molecular weight excluding hydrogens is 260 g/mol. The number of anilines is 1. The van der Waals surface area contributed by atoms with Crippen LogP contribution >= 0.6 is 0 Å². The summed E-state index contributed by atoms with van der Waals surface area (Å²) in [6.07, 6.45) is 6.52. The van der Waals surface area contributed by atoms with Crippen molar-refractivity contribution in [2.45, 2.75) is 65.5 Å². The van der Waals surface area contributed by atoms with Crippen LogP contribution in [-0.2, 0) is 6.54 Å². The molecule has 0 bridgehead atoms. The van der Waals surface area contributed by atoms with Crippen molar-refractivity contribution in [3.63, 3.8) is 0 Å². The molecule has 0 amide bonds. The Morgan fingerprint density at radius 3 is 2.76 bits per heavy atom. The fourth-order valence-electron chi connectivity index (χ4n) is 3.34. The Labute approximate surface area is 129 Å². The lowest BCUT2D eigenvalue weighted by atomic mass is 9.85. The van der Waals surface area contributed by atoms with E-state index in [0.717, 1.165) is 42.8 Å². The molecule has 1 saturated carbocycles. The van der Waals surface area contributed by atoms with Gasteiger partial charge < -0.3 is 5.32 Å². The normalized spacial score (nSPS) is 22.5. The van der Waals surface area contributed by atoms with E-state index in [9.17, 15) is 0 Å². The van der Waals surface area contributed by atoms with Gasteiger partial charge in [0.2, 0.25) is 0 Å². The Morgan fingerprint density at radius 1 is 1.29 bits per heavy atom. The standard InChI is InChI=1S/C17H30N4/c1-5-10-18-16-11-14(3)19-17(20-16)12-21(4)15-9-7-6-8-13(15)2/h11,13,15H,5-10,12H2,1-4H3,(H,18,19,20). The monoisotopic (exact) mass is 290 g/mol. The second-order valence-electron chi connectivity index (χ2n) is 6.48. The molecule has 0 spiro atoms. The molecule has 0 aromatic carbocycles. The lowest BCUT2D eigenvalue weighted by Crippen LogP contribution is -2.38. The zero-order chi connectivity index (χ0) is 15.2. The van der Waals surface area contributed by atoms with Crippen LogP contribution in [-0.4, -0.2) is 34.5 Å². The van der Waals surface area contributed by atoms with Crippen molar-refractivity contribution in [1.82, 2.24) is 14.9 Å². The third kappa shape index (κ3) is 4.67. The van der Waals surface area contributed by atoms with E-state index in [2.05, 4.69) is 41.1 Å². The molecule has 21 heavy (non-hydrogen) atoms. The molecule has 2 unspecified atom stereocenters. The van der Waals surface area contributed by atoms with E-state index in [1.54, 1.807) is 0 Å². The van der Waals surface area contributed by atoms with Gasteiger partial charge in [0.1, 0.15) is 11.6 Å². The summed E-state index contributed by atoms with van der Waals surface area (Å²) in [4.78, 5) is 11.7. The van der Waals surface area contributed by atoms with Gasteiger partial charge in [0.25, 0.3) is 0 Å². The van der Waals surface area contributed by atoms with Gasteiger partial charge >= 0.3 is 0 Å². The van der Waals surface area contributed by atoms with Crippen LogP contribution in [0.4, 0.5) is 5.82 Å². The summed E-state index contributed by atoms with van der Waals surface area (Å²) in [7, 11) is 2.22. The van der Waals surface area contributed by atoms with E-state index in [4.69, 9.17) is 0 Å². The molecule has 4 heteroatoms. The molecule has 2 rings (SSSR count). The Morgan fingerprint density at radius 2 is 2.05 bits per heavy atom. The second-order valence-corrected chi connectivity index (χ2v) is 6.48. The third-order valence-corrected chi connectivity index (χ3v) is 4.48. The maximum Gasteiger partial charge on any atom is 0.144 e. The molecule has 1 aromatic rings. The first-order valence-corrected chi connectivity index (χ1v) is 8.38. The van der Waals surface area contributed by atoms with Gasteiger partial charge in [-0.3, -0.25) is 4.90 Å². The molecule has 1 N–H and O–H groups in total. The summed E-state index contributed by atoms with van der Waals surface area (Å²) >= 11 is 0. The summed E-state index contributed by atoms with van der Waals surface area (Å²) < 4.78 is 0. The first-order valence-electron chi connectivity index (χ1n) is 8.38. The summed E-state index contributed by atoms with van der Waals surface area (Å²) in [6.45, 7) is 8.40. The molecule has 1 aliphatic carbocycles. The summed E-state index contributed by atoms with van der Waals surface area (Å²) in [5.74, 6) is 2.68. The first kappa shape index (κ1) is 16.2. The Balaban J connectivity index is 2.02. The fourth-order valence-corrected chi connectivity index (χ4v) is 3.34. The lowest BCUT2D eigenvalue weighted by molar-refractivity contribution is 0.130. The highest BCUT2D eigenvalue weighted by Crippen LogP contribution is 2.28. The molecule has 1 heterocycles. The van der Waals surface area contributed by atoms with Gasteiger partial charge in [0.05, 0.1) is 6.54 Å². The van der Waals surface area contributed by atoms with Gasteiger partial charge in [-0.1, -0.05) is 26.7 Å². The van der Waals surface area contributed by atoms with Gasteiger partial charge in [-0.15, -0.1) is 0 Å².